The molecular formula is C16H17BrFNO2. The van der Waals surface area contributed by atoms with Gasteiger partial charge in [-0.3, -0.25) is 9.59 Å². The number of hydrogen-bond acceptors (Lipinski definition) is 2. The lowest BCUT2D eigenvalue weighted by atomic mass is 9.79. The fourth-order valence-corrected chi connectivity index (χ4v) is 3.92. The number of rotatable bonds is 1. The number of amides is 2. The van der Waals surface area contributed by atoms with Crippen molar-refractivity contribution in [2.45, 2.75) is 44.9 Å². The zero-order chi connectivity index (χ0) is 15.0. The maximum Gasteiger partial charge on any atom is 0.240 e. The van der Waals surface area contributed by atoms with Gasteiger partial charge in [0.25, 0.3) is 0 Å². The Bertz CT molecular complexity index is 594. The summed E-state index contributed by atoms with van der Waals surface area (Å²) in [5.74, 6) is -0.815. The van der Waals surface area contributed by atoms with E-state index in [1.807, 2.05) is 0 Å². The van der Waals surface area contributed by atoms with Gasteiger partial charge in [0, 0.05) is 10.9 Å². The van der Waals surface area contributed by atoms with Gasteiger partial charge in [-0.25, -0.2) is 9.29 Å². The monoisotopic (exact) mass is 353 g/mol. The first kappa shape index (κ1) is 14.7. The van der Waals surface area contributed by atoms with E-state index in [1.54, 1.807) is 0 Å². The van der Waals surface area contributed by atoms with Crippen molar-refractivity contribution in [2.24, 2.45) is 5.41 Å². The lowest BCUT2D eigenvalue weighted by Crippen LogP contribution is -2.35. The molecule has 1 heterocycles. The summed E-state index contributed by atoms with van der Waals surface area (Å²) >= 11 is 3.31. The van der Waals surface area contributed by atoms with Crippen molar-refractivity contribution >= 4 is 33.4 Å². The number of nitrogens with zero attached hydrogens (tertiary/aromatic N) is 1. The average molecular weight is 354 g/mol. The third-order valence-corrected chi connectivity index (χ3v) is 5.28. The minimum Gasteiger partial charge on any atom is -0.274 e. The van der Waals surface area contributed by atoms with Crippen molar-refractivity contribution in [1.29, 1.82) is 0 Å². The van der Waals surface area contributed by atoms with Gasteiger partial charge in [-0.2, -0.15) is 0 Å². The Balaban J connectivity index is 1.99. The van der Waals surface area contributed by atoms with Gasteiger partial charge in [-0.15, -0.1) is 0 Å². The molecule has 3 rings (SSSR count). The molecule has 0 N–H and O–H groups in total. The number of carbonyl (C=O) groups excluding carboxylic acids is 2. The predicted octanol–water partition coefficient (Wildman–Crippen LogP) is 4.19. The SMILES string of the molecule is O=C1CC2(CCCCCC2)C(=O)N1c1cc(F)ccc1Br. The highest BCUT2D eigenvalue weighted by atomic mass is 79.9. The first-order valence-corrected chi connectivity index (χ1v) is 8.15. The maximum absolute atomic E-state index is 13.5. The predicted molar refractivity (Wildman–Crippen MR) is 81.3 cm³/mol. The molecule has 0 unspecified atom stereocenters. The number of benzene rings is 1. The molecule has 2 fully saturated rings. The fraction of sp³-hybridized carbons (Fsp3) is 0.500. The molecule has 0 radical (unpaired) electrons. The summed E-state index contributed by atoms with van der Waals surface area (Å²) in [6.07, 6.45) is 5.99. The van der Waals surface area contributed by atoms with E-state index in [2.05, 4.69) is 15.9 Å². The van der Waals surface area contributed by atoms with E-state index in [1.165, 1.54) is 23.1 Å². The Kier molecular flexibility index (Phi) is 3.86. The van der Waals surface area contributed by atoms with E-state index in [0.717, 1.165) is 38.5 Å². The molecule has 0 atom stereocenters. The molecule has 1 aliphatic heterocycles. The zero-order valence-corrected chi connectivity index (χ0v) is 13.3. The first-order chi connectivity index (χ1) is 10.0. The third kappa shape index (κ3) is 2.52. The Hall–Kier alpha value is -1.23. The summed E-state index contributed by atoms with van der Waals surface area (Å²) in [6.45, 7) is 0. The summed E-state index contributed by atoms with van der Waals surface area (Å²) in [4.78, 5) is 26.4. The van der Waals surface area contributed by atoms with Crippen LogP contribution < -0.4 is 4.90 Å². The molecule has 1 saturated heterocycles. The summed E-state index contributed by atoms with van der Waals surface area (Å²) in [6, 6.07) is 4.08. The van der Waals surface area contributed by atoms with Crippen LogP contribution in [0.4, 0.5) is 10.1 Å². The molecule has 1 spiro atoms. The van der Waals surface area contributed by atoms with Crippen molar-refractivity contribution in [3.63, 3.8) is 0 Å². The molecule has 1 saturated carbocycles. The van der Waals surface area contributed by atoms with Crippen LogP contribution in [0.15, 0.2) is 22.7 Å². The quantitative estimate of drug-likeness (QED) is 0.709. The van der Waals surface area contributed by atoms with E-state index in [-0.39, 0.29) is 18.2 Å². The highest BCUT2D eigenvalue weighted by molar-refractivity contribution is 9.10. The van der Waals surface area contributed by atoms with Crippen LogP contribution >= 0.6 is 15.9 Å². The van der Waals surface area contributed by atoms with Gasteiger partial charge in [0.05, 0.1) is 11.1 Å². The minimum absolute atomic E-state index is 0.152. The van der Waals surface area contributed by atoms with Crippen LogP contribution in [0.2, 0.25) is 0 Å². The van der Waals surface area contributed by atoms with Gasteiger partial charge in [-0.1, -0.05) is 25.7 Å². The molecule has 3 nitrogen and oxygen atoms in total. The first-order valence-electron chi connectivity index (χ1n) is 7.36. The lowest BCUT2D eigenvalue weighted by Gasteiger charge is -2.25. The van der Waals surface area contributed by atoms with E-state index in [9.17, 15) is 14.0 Å². The van der Waals surface area contributed by atoms with Crippen LogP contribution in [0.25, 0.3) is 0 Å². The number of anilines is 1. The Morgan fingerprint density at radius 1 is 1.10 bits per heavy atom. The number of imide groups is 1. The highest BCUT2D eigenvalue weighted by Gasteiger charge is 2.51. The van der Waals surface area contributed by atoms with Gasteiger partial charge in [0.2, 0.25) is 11.8 Å². The third-order valence-electron chi connectivity index (χ3n) is 4.61. The molecule has 1 aromatic carbocycles. The largest absolute Gasteiger partial charge is 0.274 e. The summed E-state index contributed by atoms with van der Waals surface area (Å²) in [5.41, 5.74) is -0.231. The van der Waals surface area contributed by atoms with Crippen LogP contribution in [-0.2, 0) is 9.59 Å². The van der Waals surface area contributed by atoms with Gasteiger partial charge in [0.1, 0.15) is 5.82 Å². The van der Waals surface area contributed by atoms with Crippen LogP contribution in [0.5, 0.6) is 0 Å². The highest BCUT2D eigenvalue weighted by Crippen LogP contribution is 2.46. The molecular weight excluding hydrogens is 337 g/mol. The van der Waals surface area contributed by atoms with Crippen LogP contribution in [-0.4, -0.2) is 11.8 Å². The molecule has 21 heavy (non-hydrogen) atoms. The van der Waals surface area contributed by atoms with Crippen LogP contribution in [0.3, 0.4) is 0 Å². The standard InChI is InChI=1S/C16H17BrFNO2/c17-12-6-5-11(18)9-13(12)19-14(20)10-16(15(19)21)7-3-1-2-4-8-16/h5-6,9H,1-4,7-8,10H2. The molecule has 0 aromatic heterocycles. The van der Waals surface area contributed by atoms with E-state index >= 15 is 0 Å². The Labute approximate surface area is 131 Å². The minimum atomic E-state index is -0.556. The molecule has 112 valence electrons. The number of halogens is 2. The fourth-order valence-electron chi connectivity index (χ4n) is 3.49. The van der Waals surface area contributed by atoms with Gasteiger partial charge in [0.15, 0.2) is 0 Å². The smallest absolute Gasteiger partial charge is 0.240 e. The van der Waals surface area contributed by atoms with Crippen molar-refractivity contribution in [3.05, 3.63) is 28.5 Å². The second kappa shape index (κ2) is 5.52. The van der Waals surface area contributed by atoms with Crippen molar-refractivity contribution in [3.8, 4) is 0 Å². The van der Waals surface area contributed by atoms with Gasteiger partial charge in [-0.05, 0) is 47.0 Å². The Morgan fingerprint density at radius 3 is 2.43 bits per heavy atom. The Morgan fingerprint density at radius 2 is 1.76 bits per heavy atom. The summed E-state index contributed by atoms with van der Waals surface area (Å²) in [5, 5.41) is 0. The number of hydrogen-bond donors (Lipinski definition) is 0. The number of carbonyl (C=O) groups is 2. The van der Waals surface area contributed by atoms with Crippen molar-refractivity contribution in [1.82, 2.24) is 0 Å². The van der Waals surface area contributed by atoms with E-state index in [0.29, 0.717) is 10.2 Å². The summed E-state index contributed by atoms with van der Waals surface area (Å²) < 4.78 is 14.0. The molecule has 1 aliphatic carbocycles. The maximum atomic E-state index is 13.5. The van der Waals surface area contributed by atoms with E-state index in [4.69, 9.17) is 0 Å². The second-order valence-corrected chi connectivity index (χ2v) is 6.86. The van der Waals surface area contributed by atoms with Gasteiger partial charge >= 0.3 is 0 Å². The molecule has 5 heteroatoms. The molecule has 1 aromatic rings. The van der Waals surface area contributed by atoms with E-state index < -0.39 is 11.2 Å². The average Bonchev–Trinajstić information content (AvgIpc) is 2.61. The van der Waals surface area contributed by atoms with Crippen LogP contribution in [0.1, 0.15) is 44.9 Å². The second-order valence-electron chi connectivity index (χ2n) is 6.00. The molecule has 0 bridgehead atoms. The van der Waals surface area contributed by atoms with Crippen LogP contribution in [0, 0.1) is 11.2 Å². The van der Waals surface area contributed by atoms with Gasteiger partial charge < -0.3 is 0 Å². The zero-order valence-electron chi connectivity index (χ0n) is 11.7. The van der Waals surface area contributed by atoms with Crippen molar-refractivity contribution < 1.29 is 14.0 Å². The normalized spacial score (nSPS) is 21.9. The topological polar surface area (TPSA) is 37.4 Å². The van der Waals surface area contributed by atoms with Crippen molar-refractivity contribution in [2.75, 3.05) is 4.90 Å². The molecule has 2 amide bonds. The summed E-state index contributed by atoms with van der Waals surface area (Å²) in [7, 11) is 0. The lowest BCUT2D eigenvalue weighted by molar-refractivity contribution is -0.126. The molecule has 2 aliphatic rings.